The number of methoxy groups -OCH3 is 1. The van der Waals surface area contributed by atoms with Crippen molar-refractivity contribution in [1.29, 1.82) is 0 Å². The Kier molecular flexibility index (Phi) is 6.52. The van der Waals surface area contributed by atoms with E-state index in [2.05, 4.69) is 5.32 Å². The highest BCUT2D eigenvalue weighted by Gasteiger charge is 2.18. The molecule has 0 saturated carbocycles. The molecule has 132 valence electrons. The third-order valence-electron chi connectivity index (χ3n) is 3.26. The summed E-state index contributed by atoms with van der Waals surface area (Å²) in [5.74, 6) is -0.130. The minimum absolute atomic E-state index is 0.0766. The Balaban J connectivity index is 2.11. The molecule has 0 heterocycles. The second-order valence-electron chi connectivity index (χ2n) is 4.98. The van der Waals surface area contributed by atoms with Crippen LogP contribution in [0, 0.1) is 17.0 Å². The molecular weight excluding hydrogens is 387 g/mol. The molecular formula is C16H14Cl2N2O4S. The lowest BCUT2D eigenvalue weighted by Gasteiger charge is -2.11. The standard InChI is InChI=1S/C16H14Cl2N2O4S/c1-9-6-13(20(22)23)14(24-2)7-12(9)19-15(21)8-25-16-10(17)4-3-5-11(16)18/h3-7H,8H2,1-2H3,(H,19,21). The Morgan fingerprint density at radius 1 is 1.32 bits per heavy atom. The first-order chi connectivity index (χ1) is 11.8. The fourth-order valence-corrected chi connectivity index (χ4v) is 3.54. The van der Waals surface area contributed by atoms with E-state index in [0.717, 1.165) is 0 Å². The molecule has 0 spiro atoms. The van der Waals surface area contributed by atoms with Crippen molar-refractivity contribution in [2.75, 3.05) is 18.2 Å². The number of ether oxygens (including phenoxy) is 1. The average molecular weight is 401 g/mol. The van der Waals surface area contributed by atoms with Crippen molar-refractivity contribution in [2.45, 2.75) is 11.8 Å². The molecule has 1 amide bonds. The number of carbonyl (C=O) groups is 1. The van der Waals surface area contributed by atoms with Gasteiger partial charge in [0.05, 0.1) is 27.8 Å². The Morgan fingerprint density at radius 2 is 1.96 bits per heavy atom. The van der Waals surface area contributed by atoms with Crippen molar-refractivity contribution in [3.63, 3.8) is 0 Å². The van der Waals surface area contributed by atoms with E-state index in [0.29, 0.717) is 26.2 Å². The number of hydrogen-bond acceptors (Lipinski definition) is 5. The Labute approximate surface area is 158 Å². The van der Waals surface area contributed by atoms with Gasteiger partial charge in [-0.25, -0.2) is 0 Å². The first kappa shape index (κ1) is 19.4. The van der Waals surface area contributed by atoms with Crippen LogP contribution in [0.4, 0.5) is 11.4 Å². The molecule has 0 radical (unpaired) electrons. The van der Waals surface area contributed by atoms with E-state index in [9.17, 15) is 14.9 Å². The third kappa shape index (κ3) is 4.78. The van der Waals surface area contributed by atoms with Crippen molar-refractivity contribution in [2.24, 2.45) is 0 Å². The van der Waals surface area contributed by atoms with Crippen LogP contribution in [0.15, 0.2) is 35.2 Å². The normalized spacial score (nSPS) is 10.4. The maximum atomic E-state index is 12.2. The van der Waals surface area contributed by atoms with Crippen molar-refractivity contribution in [3.05, 3.63) is 56.1 Å². The minimum Gasteiger partial charge on any atom is -0.490 e. The monoisotopic (exact) mass is 400 g/mol. The van der Waals surface area contributed by atoms with Gasteiger partial charge >= 0.3 is 5.69 Å². The minimum atomic E-state index is -0.535. The van der Waals surface area contributed by atoms with Crippen LogP contribution in [0.3, 0.4) is 0 Å². The van der Waals surface area contributed by atoms with Gasteiger partial charge in [-0.15, -0.1) is 11.8 Å². The highest BCUT2D eigenvalue weighted by atomic mass is 35.5. The lowest BCUT2D eigenvalue weighted by Crippen LogP contribution is -2.15. The molecule has 25 heavy (non-hydrogen) atoms. The van der Waals surface area contributed by atoms with Gasteiger partial charge in [0.15, 0.2) is 5.75 Å². The van der Waals surface area contributed by atoms with Gasteiger partial charge in [0.25, 0.3) is 0 Å². The van der Waals surface area contributed by atoms with Crippen molar-refractivity contribution in [1.82, 2.24) is 0 Å². The second kappa shape index (κ2) is 8.42. The van der Waals surface area contributed by atoms with Crippen LogP contribution in [-0.2, 0) is 4.79 Å². The molecule has 9 heteroatoms. The summed E-state index contributed by atoms with van der Waals surface area (Å²) in [6.45, 7) is 1.67. The van der Waals surface area contributed by atoms with Gasteiger partial charge in [0.1, 0.15) is 0 Å². The Hall–Kier alpha value is -1.96. The van der Waals surface area contributed by atoms with E-state index in [-0.39, 0.29) is 23.1 Å². The number of rotatable bonds is 6. The number of halogens is 2. The number of amides is 1. The number of benzene rings is 2. The predicted molar refractivity (Wildman–Crippen MR) is 100 cm³/mol. The van der Waals surface area contributed by atoms with Crippen LogP contribution < -0.4 is 10.1 Å². The maximum Gasteiger partial charge on any atom is 0.311 e. The zero-order valence-corrected chi connectivity index (χ0v) is 15.7. The van der Waals surface area contributed by atoms with E-state index < -0.39 is 4.92 Å². The summed E-state index contributed by atoms with van der Waals surface area (Å²) < 4.78 is 5.01. The number of nitro benzene ring substituents is 1. The number of nitrogens with zero attached hydrogens (tertiary/aromatic N) is 1. The van der Waals surface area contributed by atoms with Gasteiger partial charge in [-0.2, -0.15) is 0 Å². The highest BCUT2D eigenvalue weighted by Crippen LogP contribution is 2.35. The molecule has 0 saturated heterocycles. The van der Waals surface area contributed by atoms with Gasteiger partial charge < -0.3 is 10.1 Å². The summed E-state index contributed by atoms with van der Waals surface area (Å²) in [5.41, 5.74) is 0.843. The zero-order chi connectivity index (χ0) is 18.6. The molecule has 0 unspecified atom stereocenters. The van der Waals surface area contributed by atoms with E-state index in [1.807, 2.05) is 0 Å². The third-order valence-corrected chi connectivity index (χ3v) is 5.25. The van der Waals surface area contributed by atoms with Crippen LogP contribution in [0.2, 0.25) is 10.0 Å². The van der Waals surface area contributed by atoms with Gasteiger partial charge in [-0.1, -0.05) is 29.3 Å². The summed E-state index contributed by atoms with van der Waals surface area (Å²) in [6, 6.07) is 7.89. The molecule has 0 atom stereocenters. The molecule has 0 aliphatic heterocycles. The number of aryl methyl sites for hydroxylation is 1. The fourth-order valence-electron chi connectivity index (χ4n) is 2.06. The van der Waals surface area contributed by atoms with Gasteiger partial charge in [-0.3, -0.25) is 14.9 Å². The van der Waals surface area contributed by atoms with Crippen LogP contribution in [0.5, 0.6) is 5.75 Å². The molecule has 1 N–H and O–H groups in total. The first-order valence-electron chi connectivity index (χ1n) is 7.03. The van der Waals surface area contributed by atoms with Crippen LogP contribution in [0.25, 0.3) is 0 Å². The molecule has 0 aliphatic rings. The molecule has 0 aromatic heterocycles. The summed E-state index contributed by atoms with van der Waals surface area (Å²) in [4.78, 5) is 23.3. The van der Waals surface area contributed by atoms with Crippen LogP contribution in [-0.4, -0.2) is 23.7 Å². The number of nitro groups is 1. The van der Waals surface area contributed by atoms with E-state index in [1.165, 1.54) is 31.0 Å². The number of carbonyl (C=O) groups excluding carboxylic acids is 1. The zero-order valence-electron chi connectivity index (χ0n) is 13.3. The number of nitrogens with one attached hydrogen (secondary N) is 1. The summed E-state index contributed by atoms with van der Waals surface area (Å²) in [7, 11) is 1.33. The Morgan fingerprint density at radius 3 is 2.52 bits per heavy atom. The van der Waals surface area contributed by atoms with Gasteiger partial charge in [0, 0.05) is 22.7 Å². The molecule has 6 nitrogen and oxygen atoms in total. The van der Waals surface area contributed by atoms with Crippen molar-refractivity contribution >= 4 is 52.2 Å². The van der Waals surface area contributed by atoms with Crippen LogP contribution >= 0.6 is 35.0 Å². The van der Waals surface area contributed by atoms with Crippen molar-refractivity contribution in [3.8, 4) is 5.75 Å². The molecule has 0 fully saturated rings. The number of anilines is 1. The molecule has 2 rings (SSSR count). The lowest BCUT2D eigenvalue weighted by atomic mass is 10.1. The molecule has 0 aliphatic carbocycles. The van der Waals surface area contributed by atoms with Crippen LogP contribution in [0.1, 0.15) is 5.56 Å². The molecule has 2 aromatic carbocycles. The largest absolute Gasteiger partial charge is 0.490 e. The lowest BCUT2D eigenvalue weighted by molar-refractivity contribution is -0.385. The van der Waals surface area contributed by atoms with Gasteiger partial charge in [0.2, 0.25) is 5.91 Å². The predicted octanol–water partition coefficient (Wildman–Crippen LogP) is 4.95. The summed E-state index contributed by atoms with van der Waals surface area (Å²) in [5, 5.41) is 14.7. The molecule has 2 aromatic rings. The first-order valence-corrected chi connectivity index (χ1v) is 8.77. The quantitative estimate of drug-likeness (QED) is 0.421. The topological polar surface area (TPSA) is 81.5 Å². The summed E-state index contributed by atoms with van der Waals surface area (Å²) >= 11 is 13.3. The number of thioether (sulfide) groups is 1. The Bertz CT molecular complexity index is 810. The highest BCUT2D eigenvalue weighted by molar-refractivity contribution is 8.00. The maximum absolute atomic E-state index is 12.2. The summed E-state index contributed by atoms with van der Waals surface area (Å²) in [6.07, 6.45) is 0. The van der Waals surface area contributed by atoms with Gasteiger partial charge in [-0.05, 0) is 24.6 Å². The number of hydrogen-bond donors (Lipinski definition) is 1. The van der Waals surface area contributed by atoms with Crippen molar-refractivity contribution < 1.29 is 14.5 Å². The van der Waals surface area contributed by atoms with E-state index >= 15 is 0 Å². The smallest absolute Gasteiger partial charge is 0.311 e. The molecule has 0 bridgehead atoms. The van der Waals surface area contributed by atoms with E-state index in [1.54, 1.807) is 25.1 Å². The average Bonchev–Trinajstić information content (AvgIpc) is 2.55. The van der Waals surface area contributed by atoms with E-state index in [4.69, 9.17) is 27.9 Å². The second-order valence-corrected chi connectivity index (χ2v) is 6.78. The fraction of sp³-hybridized carbons (Fsp3) is 0.188. The SMILES string of the molecule is COc1cc(NC(=O)CSc2c(Cl)cccc2Cl)c(C)cc1[N+](=O)[O-].